The fourth-order valence-corrected chi connectivity index (χ4v) is 4.79. The number of nitrogens with zero attached hydrogens (tertiary/aromatic N) is 3. The first-order valence-corrected chi connectivity index (χ1v) is 10.2. The van der Waals surface area contributed by atoms with E-state index in [1.807, 2.05) is 30.3 Å². The number of piperidine rings is 1. The molecule has 1 N–H and O–H groups in total. The van der Waals surface area contributed by atoms with Gasteiger partial charge < -0.3 is 10.0 Å². The standard InChI is InChI=1S/C22H27F2N3O2/c1-16-9-10-18(27(16)21(23)24)20(28)26-14-11-22(29,17-7-3-2-4-8-17)19(15-26)25-12-5-6-13-25/h2-4,7-10,19,21,29H,5-6,11-15H2,1H3/t19-,22+/m1/s1. The van der Waals surface area contributed by atoms with Gasteiger partial charge in [-0.1, -0.05) is 30.3 Å². The van der Waals surface area contributed by atoms with Crippen LogP contribution >= 0.6 is 0 Å². The van der Waals surface area contributed by atoms with E-state index in [1.165, 1.54) is 6.07 Å². The van der Waals surface area contributed by atoms with Gasteiger partial charge in [0, 0.05) is 18.8 Å². The highest BCUT2D eigenvalue weighted by Crippen LogP contribution is 2.38. The number of carbonyl (C=O) groups is 1. The SMILES string of the molecule is Cc1ccc(C(=O)N2CC[C@](O)(c3ccccc3)[C@H](N3CCCC3)C2)n1C(F)F. The third-order valence-corrected chi connectivity index (χ3v) is 6.39. The van der Waals surface area contributed by atoms with Crippen LogP contribution in [0.2, 0.25) is 0 Å². The first-order chi connectivity index (χ1) is 13.9. The molecule has 2 aromatic rings. The number of halogens is 2. The maximum Gasteiger partial charge on any atom is 0.319 e. The molecule has 2 fully saturated rings. The van der Waals surface area contributed by atoms with Crippen molar-refractivity contribution in [1.82, 2.24) is 14.4 Å². The van der Waals surface area contributed by atoms with E-state index in [2.05, 4.69) is 4.90 Å². The molecule has 0 bridgehead atoms. The van der Waals surface area contributed by atoms with Crippen LogP contribution in [0.4, 0.5) is 8.78 Å². The molecule has 29 heavy (non-hydrogen) atoms. The predicted molar refractivity (Wildman–Crippen MR) is 106 cm³/mol. The Bertz CT molecular complexity index is 864. The van der Waals surface area contributed by atoms with Crippen molar-refractivity contribution in [3.05, 3.63) is 59.4 Å². The van der Waals surface area contributed by atoms with Crippen LogP contribution in [0.15, 0.2) is 42.5 Å². The third-order valence-electron chi connectivity index (χ3n) is 6.39. The van der Waals surface area contributed by atoms with Crippen molar-refractivity contribution >= 4 is 5.91 Å². The molecule has 3 heterocycles. The van der Waals surface area contributed by atoms with Gasteiger partial charge in [-0.3, -0.25) is 14.3 Å². The monoisotopic (exact) mass is 403 g/mol. The number of amides is 1. The summed E-state index contributed by atoms with van der Waals surface area (Å²) in [7, 11) is 0. The van der Waals surface area contributed by atoms with Crippen molar-refractivity contribution in [1.29, 1.82) is 0 Å². The Hall–Kier alpha value is -2.25. The smallest absolute Gasteiger partial charge is 0.319 e. The molecule has 0 saturated carbocycles. The second-order valence-corrected chi connectivity index (χ2v) is 8.06. The molecule has 0 spiro atoms. The molecule has 5 nitrogen and oxygen atoms in total. The minimum Gasteiger partial charge on any atom is -0.383 e. The van der Waals surface area contributed by atoms with Crippen molar-refractivity contribution in [2.75, 3.05) is 26.2 Å². The lowest BCUT2D eigenvalue weighted by Crippen LogP contribution is -2.61. The molecule has 2 saturated heterocycles. The fraction of sp³-hybridized carbons (Fsp3) is 0.500. The summed E-state index contributed by atoms with van der Waals surface area (Å²) in [4.78, 5) is 17.0. The Morgan fingerprint density at radius 3 is 2.45 bits per heavy atom. The van der Waals surface area contributed by atoms with Gasteiger partial charge in [-0.25, -0.2) is 0 Å². The number of rotatable bonds is 4. The molecule has 2 atom stereocenters. The molecule has 2 aliphatic rings. The number of hydrogen-bond donors (Lipinski definition) is 1. The highest BCUT2D eigenvalue weighted by molar-refractivity contribution is 5.93. The summed E-state index contributed by atoms with van der Waals surface area (Å²) in [5.41, 5.74) is 0.138. The van der Waals surface area contributed by atoms with Crippen LogP contribution in [0, 0.1) is 6.92 Å². The highest BCUT2D eigenvalue weighted by Gasteiger charge is 2.47. The molecule has 0 aliphatic carbocycles. The van der Waals surface area contributed by atoms with E-state index in [1.54, 1.807) is 17.9 Å². The molecule has 4 rings (SSSR count). The zero-order valence-electron chi connectivity index (χ0n) is 16.6. The Morgan fingerprint density at radius 1 is 1.10 bits per heavy atom. The topological polar surface area (TPSA) is 48.7 Å². The zero-order valence-corrected chi connectivity index (χ0v) is 16.6. The van der Waals surface area contributed by atoms with Crippen LogP contribution in [0.25, 0.3) is 0 Å². The van der Waals surface area contributed by atoms with Gasteiger partial charge in [0.25, 0.3) is 5.91 Å². The molecule has 1 aromatic heterocycles. The molecular formula is C22H27F2N3O2. The summed E-state index contributed by atoms with van der Waals surface area (Å²) in [6.07, 6.45) is 2.49. The summed E-state index contributed by atoms with van der Waals surface area (Å²) in [6.45, 7) is 1.19. The fourth-order valence-electron chi connectivity index (χ4n) is 4.79. The Morgan fingerprint density at radius 2 is 1.79 bits per heavy atom. The Balaban J connectivity index is 1.63. The quantitative estimate of drug-likeness (QED) is 0.851. The maximum absolute atomic E-state index is 13.5. The van der Waals surface area contributed by atoms with Gasteiger partial charge in [-0.15, -0.1) is 0 Å². The molecule has 1 amide bonds. The molecule has 7 heteroatoms. The van der Waals surface area contributed by atoms with Crippen LogP contribution in [0.3, 0.4) is 0 Å². The van der Waals surface area contributed by atoms with Crippen LogP contribution in [-0.4, -0.2) is 57.6 Å². The van der Waals surface area contributed by atoms with E-state index < -0.39 is 18.1 Å². The average Bonchev–Trinajstić information content (AvgIpc) is 3.38. The number of aromatic nitrogens is 1. The van der Waals surface area contributed by atoms with Gasteiger partial charge in [-0.2, -0.15) is 8.78 Å². The van der Waals surface area contributed by atoms with E-state index in [-0.39, 0.29) is 11.7 Å². The molecule has 156 valence electrons. The number of aryl methyl sites for hydroxylation is 1. The van der Waals surface area contributed by atoms with Crippen LogP contribution < -0.4 is 0 Å². The summed E-state index contributed by atoms with van der Waals surface area (Å²) in [5.74, 6) is -0.405. The molecular weight excluding hydrogens is 376 g/mol. The third kappa shape index (κ3) is 3.57. The van der Waals surface area contributed by atoms with Crippen molar-refractivity contribution < 1.29 is 18.7 Å². The molecule has 1 aromatic carbocycles. The largest absolute Gasteiger partial charge is 0.383 e. The van der Waals surface area contributed by atoms with Crippen molar-refractivity contribution in [2.45, 2.75) is 44.4 Å². The maximum atomic E-state index is 13.5. The number of aliphatic hydroxyl groups is 1. The zero-order chi connectivity index (χ0) is 20.6. The first-order valence-electron chi connectivity index (χ1n) is 10.2. The lowest BCUT2D eigenvalue weighted by molar-refractivity contribution is -0.0880. The van der Waals surface area contributed by atoms with Crippen LogP contribution in [-0.2, 0) is 5.60 Å². The lowest BCUT2D eigenvalue weighted by Gasteiger charge is -2.48. The number of alkyl halides is 2. The van der Waals surface area contributed by atoms with Crippen LogP contribution in [0.5, 0.6) is 0 Å². The van der Waals surface area contributed by atoms with E-state index >= 15 is 0 Å². The Kier molecular flexibility index (Phi) is 5.44. The van der Waals surface area contributed by atoms with Crippen molar-refractivity contribution in [3.8, 4) is 0 Å². The Labute approximate surface area is 169 Å². The molecule has 2 aliphatic heterocycles. The van der Waals surface area contributed by atoms with Gasteiger partial charge >= 0.3 is 6.55 Å². The summed E-state index contributed by atoms with van der Waals surface area (Å²) in [5, 5.41) is 11.7. The minimum atomic E-state index is -2.76. The van der Waals surface area contributed by atoms with Crippen molar-refractivity contribution in [3.63, 3.8) is 0 Å². The summed E-state index contributed by atoms with van der Waals surface area (Å²) >= 11 is 0. The number of benzene rings is 1. The van der Waals surface area contributed by atoms with E-state index in [4.69, 9.17) is 0 Å². The van der Waals surface area contributed by atoms with Gasteiger partial charge in [0.15, 0.2) is 0 Å². The number of carbonyl (C=O) groups excluding carboxylic acids is 1. The van der Waals surface area contributed by atoms with Gasteiger partial charge in [0.05, 0.1) is 6.04 Å². The number of likely N-dealkylation sites (tertiary alicyclic amines) is 2. The van der Waals surface area contributed by atoms with Crippen LogP contribution in [0.1, 0.15) is 47.6 Å². The van der Waals surface area contributed by atoms with E-state index in [9.17, 15) is 18.7 Å². The van der Waals surface area contributed by atoms with Gasteiger partial charge in [0.1, 0.15) is 11.3 Å². The minimum absolute atomic E-state index is 0.00261. The van der Waals surface area contributed by atoms with Gasteiger partial charge in [0.2, 0.25) is 0 Å². The summed E-state index contributed by atoms with van der Waals surface area (Å²) in [6, 6.07) is 12.3. The molecule has 0 unspecified atom stereocenters. The predicted octanol–water partition coefficient (Wildman–Crippen LogP) is 3.39. The average molecular weight is 403 g/mol. The lowest BCUT2D eigenvalue weighted by atomic mass is 9.79. The highest BCUT2D eigenvalue weighted by atomic mass is 19.3. The second-order valence-electron chi connectivity index (χ2n) is 8.06. The second kappa shape index (κ2) is 7.88. The van der Waals surface area contributed by atoms with E-state index in [0.29, 0.717) is 25.2 Å². The number of hydrogen-bond acceptors (Lipinski definition) is 3. The first kappa shape index (κ1) is 20.0. The normalized spacial score (nSPS) is 25.7. The van der Waals surface area contributed by atoms with E-state index in [0.717, 1.165) is 36.1 Å². The summed E-state index contributed by atoms with van der Waals surface area (Å²) < 4.78 is 27.7. The van der Waals surface area contributed by atoms with Crippen molar-refractivity contribution in [2.24, 2.45) is 0 Å². The molecule has 0 radical (unpaired) electrons. The van der Waals surface area contributed by atoms with Gasteiger partial charge in [-0.05, 0) is 57.0 Å².